The van der Waals surface area contributed by atoms with Crippen LogP contribution in [0.1, 0.15) is 39.7 Å². The molecular formula is C16H26N2O3. The van der Waals surface area contributed by atoms with Crippen LogP contribution in [-0.2, 0) is 5.54 Å². The van der Waals surface area contributed by atoms with E-state index >= 15 is 0 Å². The summed E-state index contributed by atoms with van der Waals surface area (Å²) in [5.74, 6) is 1.31. The van der Waals surface area contributed by atoms with Gasteiger partial charge in [-0.3, -0.25) is 0 Å². The van der Waals surface area contributed by atoms with Gasteiger partial charge in [0.05, 0.1) is 19.8 Å². The monoisotopic (exact) mass is 294 g/mol. The summed E-state index contributed by atoms with van der Waals surface area (Å²) in [6.07, 6.45) is 0.893. The van der Waals surface area contributed by atoms with Crippen LogP contribution < -0.4 is 20.1 Å². The first-order valence-electron chi connectivity index (χ1n) is 7.15. The molecule has 0 fully saturated rings. The lowest BCUT2D eigenvalue weighted by molar-refractivity contribution is 0.226. The summed E-state index contributed by atoms with van der Waals surface area (Å²) in [6.45, 7) is 7.91. The average Bonchev–Trinajstić information content (AvgIpc) is 2.45. The van der Waals surface area contributed by atoms with E-state index in [4.69, 9.17) is 9.47 Å². The maximum Gasteiger partial charge on any atom is 0.315 e. The molecule has 0 aliphatic carbocycles. The average molecular weight is 294 g/mol. The van der Waals surface area contributed by atoms with Crippen LogP contribution in [0, 0.1) is 0 Å². The number of amides is 2. The Hall–Kier alpha value is -1.91. The van der Waals surface area contributed by atoms with Crippen molar-refractivity contribution in [1.29, 1.82) is 0 Å². The van der Waals surface area contributed by atoms with E-state index in [-0.39, 0.29) is 12.1 Å². The normalized spacial score (nSPS) is 12.5. The van der Waals surface area contributed by atoms with Gasteiger partial charge in [-0.15, -0.1) is 0 Å². The quantitative estimate of drug-likeness (QED) is 0.848. The highest BCUT2D eigenvalue weighted by Crippen LogP contribution is 2.31. The summed E-state index contributed by atoms with van der Waals surface area (Å²) in [4.78, 5) is 12.0. The Balaban J connectivity index is 2.89. The first kappa shape index (κ1) is 17.1. The molecule has 1 unspecified atom stereocenters. The van der Waals surface area contributed by atoms with Crippen molar-refractivity contribution in [3.8, 4) is 11.5 Å². The molecule has 5 heteroatoms. The second-order valence-electron chi connectivity index (χ2n) is 5.60. The highest BCUT2D eigenvalue weighted by Gasteiger charge is 2.24. The molecule has 2 amide bonds. The van der Waals surface area contributed by atoms with E-state index in [0.717, 1.165) is 12.0 Å². The Morgan fingerprint density at radius 3 is 2.38 bits per heavy atom. The minimum Gasteiger partial charge on any atom is -0.493 e. The minimum absolute atomic E-state index is 0.145. The summed E-state index contributed by atoms with van der Waals surface area (Å²) in [5.41, 5.74) is 0.427. The van der Waals surface area contributed by atoms with Gasteiger partial charge in [0.25, 0.3) is 0 Å². The second kappa shape index (κ2) is 7.20. The molecule has 0 aliphatic heterocycles. The zero-order chi connectivity index (χ0) is 16.0. The molecule has 0 heterocycles. The van der Waals surface area contributed by atoms with Crippen molar-refractivity contribution in [2.45, 2.75) is 45.7 Å². The number of carbonyl (C=O) groups is 1. The number of ether oxygens (including phenoxy) is 2. The number of benzene rings is 1. The molecule has 0 saturated heterocycles. The topological polar surface area (TPSA) is 59.6 Å². The summed E-state index contributed by atoms with van der Waals surface area (Å²) >= 11 is 0. The van der Waals surface area contributed by atoms with Crippen LogP contribution in [0.15, 0.2) is 18.2 Å². The maximum absolute atomic E-state index is 12.0. The largest absolute Gasteiger partial charge is 0.493 e. The zero-order valence-corrected chi connectivity index (χ0v) is 13.7. The molecule has 1 aromatic carbocycles. The smallest absolute Gasteiger partial charge is 0.315 e. The standard InChI is InChI=1S/C16H26N2O3/c1-7-11(2)17-15(19)18-16(3,4)12-8-9-13(20-5)14(10-12)21-6/h8-11H,7H2,1-6H3,(H2,17,18,19). The van der Waals surface area contributed by atoms with Crippen LogP contribution in [0.2, 0.25) is 0 Å². The highest BCUT2D eigenvalue weighted by molar-refractivity contribution is 5.75. The lowest BCUT2D eigenvalue weighted by atomic mass is 9.94. The van der Waals surface area contributed by atoms with Gasteiger partial charge in [0.15, 0.2) is 11.5 Å². The Morgan fingerprint density at radius 2 is 1.86 bits per heavy atom. The number of methoxy groups -OCH3 is 2. The van der Waals surface area contributed by atoms with Crippen LogP contribution in [-0.4, -0.2) is 26.3 Å². The molecule has 0 radical (unpaired) electrons. The molecule has 1 rings (SSSR count). The van der Waals surface area contributed by atoms with Crippen molar-refractivity contribution >= 4 is 6.03 Å². The van der Waals surface area contributed by atoms with Crippen molar-refractivity contribution in [3.05, 3.63) is 23.8 Å². The molecule has 0 saturated carbocycles. The van der Waals surface area contributed by atoms with Crippen LogP contribution in [0.3, 0.4) is 0 Å². The molecule has 0 bridgehead atoms. The summed E-state index contributed by atoms with van der Waals surface area (Å²) < 4.78 is 10.5. The summed E-state index contributed by atoms with van der Waals surface area (Å²) in [7, 11) is 3.19. The fourth-order valence-corrected chi connectivity index (χ4v) is 1.94. The van der Waals surface area contributed by atoms with Crippen molar-refractivity contribution in [1.82, 2.24) is 10.6 Å². The van der Waals surface area contributed by atoms with Crippen molar-refractivity contribution < 1.29 is 14.3 Å². The van der Waals surface area contributed by atoms with Gasteiger partial charge in [0.2, 0.25) is 0 Å². The van der Waals surface area contributed by atoms with E-state index in [2.05, 4.69) is 10.6 Å². The van der Waals surface area contributed by atoms with E-state index in [1.165, 1.54) is 0 Å². The van der Waals surface area contributed by atoms with Crippen molar-refractivity contribution in [3.63, 3.8) is 0 Å². The fourth-order valence-electron chi connectivity index (χ4n) is 1.94. The molecule has 5 nitrogen and oxygen atoms in total. The van der Waals surface area contributed by atoms with E-state index in [1.807, 2.05) is 45.9 Å². The van der Waals surface area contributed by atoms with Gasteiger partial charge < -0.3 is 20.1 Å². The molecule has 0 aromatic heterocycles. The van der Waals surface area contributed by atoms with E-state index in [0.29, 0.717) is 11.5 Å². The van der Waals surface area contributed by atoms with Crippen LogP contribution >= 0.6 is 0 Å². The minimum atomic E-state index is -0.517. The number of carbonyl (C=O) groups excluding carboxylic acids is 1. The summed E-state index contributed by atoms with van der Waals surface area (Å²) in [6, 6.07) is 5.60. The van der Waals surface area contributed by atoms with Crippen LogP contribution in [0.25, 0.3) is 0 Å². The van der Waals surface area contributed by atoms with Gasteiger partial charge in [0.1, 0.15) is 0 Å². The number of rotatable bonds is 6. The van der Waals surface area contributed by atoms with Gasteiger partial charge in [-0.05, 0) is 44.9 Å². The number of urea groups is 1. The Kier molecular flexibility index (Phi) is 5.88. The van der Waals surface area contributed by atoms with E-state index in [1.54, 1.807) is 14.2 Å². The summed E-state index contributed by atoms with van der Waals surface area (Å²) in [5, 5.41) is 5.88. The van der Waals surface area contributed by atoms with Gasteiger partial charge >= 0.3 is 6.03 Å². The number of hydrogen-bond donors (Lipinski definition) is 2. The molecule has 1 atom stereocenters. The van der Waals surface area contributed by atoms with E-state index < -0.39 is 5.54 Å². The number of hydrogen-bond acceptors (Lipinski definition) is 3. The predicted molar refractivity (Wildman–Crippen MR) is 84.0 cm³/mol. The molecule has 2 N–H and O–H groups in total. The molecule has 0 aliphatic rings. The molecular weight excluding hydrogens is 268 g/mol. The van der Waals surface area contributed by atoms with Crippen LogP contribution in [0.5, 0.6) is 11.5 Å². The highest BCUT2D eigenvalue weighted by atomic mass is 16.5. The molecule has 21 heavy (non-hydrogen) atoms. The second-order valence-corrected chi connectivity index (χ2v) is 5.60. The lowest BCUT2D eigenvalue weighted by Crippen LogP contribution is -2.48. The SMILES string of the molecule is CCC(C)NC(=O)NC(C)(C)c1ccc(OC)c(OC)c1. The van der Waals surface area contributed by atoms with Gasteiger partial charge in [-0.25, -0.2) is 4.79 Å². The molecule has 0 spiro atoms. The third-order valence-electron chi connectivity index (χ3n) is 3.52. The Morgan fingerprint density at radius 1 is 1.24 bits per heavy atom. The predicted octanol–water partition coefficient (Wildman–Crippen LogP) is 3.04. The van der Waals surface area contributed by atoms with Gasteiger partial charge in [-0.1, -0.05) is 13.0 Å². The third kappa shape index (κ3) is 4.55. The third-order valence-corrected chi connectivity index (χ3v) is 3.52. The number of nitrogens with one attached hydrogen (secondary N) is 2. The lowest BCUT2D eigenvalue weighted by Gasteiger charge is -2.28. The Bertz CT molecular complexity index is 486. The Labute approximate surface area is 127 Å². The van der Waals surface area contributed by atoms with Crippen LogP contribution in [0.4, 0.5) is 4.79 Å². The first-order chi connectivity index (χ1) is 9.83. The van der Waals surface area contributed by atoms with Gasteiger partial charge in [-0.2, -0.15) is 0 Å². The fraction of sp³-hybridized carbons (Fsp3) is 0.562. The van der Waals surface area contributed by atoms with Crippen molar-refractivity contribution in [2.24, 2.45) is 0 Å². The maximum atomic E-state index is 12.0. The van der Waals surface area contributed by atoms with Gasteiger partial charge in [0, 0.05) is 6.04 Å². The van der Waals surface area contributed by atoms with E-state index in [9.17, 15) is 4.79 Å². The molecule has 118 valence electrons. The molecule has 1 aromatic rings. The van der Waals surface area contributed by atoms with Crippen molar-refractivity contribution in [2.75, 3.05) is 14.2 Å². The zero-order valence-electron chi connectivity index (χ0n) is 13.7. The first-order valence-corrected chi connectivity index (χ1v) is 7.15.